The number of carbonyl (C=O) groups is 3. The molecule has 3 rings (SSSR count). The van der Waals surface area contributed by atoms with Crippen LogP contribution in [0.1, 0.15) is 58.1 Å². The lowest BCUT2D eigenvalue weighted by Crippen LogP contribution is -2.57. The molecule has 34 heavy (non-hydrogen) atoms. The summed E-state index contributed by atoms with van der Waals surface area (Å²) >= 11 is 0. The molecule has 7 nitrogen and oxygen atoms in total. The van der Waals surface area contributed by atoms with Crippen LogP contribution >= 0.6 is 0 Å². The Bertz CT molecular complexity index is 1010. The summed E-state index contributed by atoms with van der Waals surface area (Å²) in [4.78, 5) is 37.4. The van der Waals surface area contributed by atoms with E-state index in [9.17, 15) is 19.5 Å². The number of fused-ring (bicyclic) bond motifs is 3. The molecule has 2 amide bonds. The van der Waals surface area contributed by atoms with Crippen molar-refractivity contribution in [1.82, 2.24) is 10.6 Å². The molecule has 3 atom stereocenters. The highest BCUT2D eigenvalue weighted by Gasteiger charge is 2.37. The summed E-state index contributed by atoms with van der Waals surface area (Å²) in [7, 11) is 0. The summed E-state index contributed by atoms with van der Waals surface area (Å²) in [5.74, 6) is -2.00. The minimum atomic E-state index is -1.10. The van der Waals surface area contributed by atoms with E-state index < -0.39 is 35.5 Å². The number of carbonyl (C=O) groups excluding carboxylic acids is 2. The van der Waals surface area contributed by atoms with Crippen LogP contribution in [0.25, 0.3) is 11.1 Å². The van der Waals surface area contributed by atoms with E-state index in [1.807, 2.05) is 43.3 Å². The third-order valence-corrected chi connectivity index (χ3v) is 6.51. The first-order valence-electron chi connectivity index (χ1n) is 11.7. The van der Waals surface area contributed by atoms with Crippen molar-refractivity contribution < 1.29 is 24.2 Å². The highest BCUT2D eigenvalue weighted by molar-refractivity contribution is 5.90. The second-order valence-electron chi connectivity index (χ2n) is 9.98. The first-order valence-corrected chi connectivity index (χ1v) is 11.7. The molecule has 1 aliphatic rings. The van der Waals surface area contributed by atoms with Crippen molar-refractivity contribution in [2.75, 3.05) is 6.61 Å². The summed E-state index contributed by atoms with van der Waals surface area (Å²) in [5.41, 5.74) is 3.79. The summed E-state index contributed by atoms with van der Waals surface area (Å²) in [5, 5.41) is 14.8. The SMILES string of the molecule is CCC(C)[C@H](NC(=O)C(NC(=O)OCC1c2ccccc2-c2ccccc21)C(C)(C)C)C(=O)O. The Morgan fingerprint density at radius 2 is 1.50 bits per heavy atom. The molecule has 0 saturated heterocycles. The van der Waals surface area contributed by atoms with Gasteiger partial charge in [-0.1, -0.05) is 89.6 Å². The van der Waals surface area contributed by atoms with Crippen LogP contribution in [0.4, 0.5) is 4.79 Å². The number of amides is 2. The van der Waals surface area contributed by atoms with E-state index in [-0.39, 0.29) is 18.4 Å². The van der Waals surface area contributed by atoms with Gasteiger partial charge in [0, 0.05) is 5.92 Å². The number of aliphatic carboxylic acids is 1. The van der Waals surface area contributed by atoms with Crippen LogP contribution in [0.15, 0.2) is 48.5 Å². The highest BCUT2D eigenvalue weighted by atomic mass is 16.5. The predicted octanol–water partition coefficient (Wildman–Crippen LogP) is 4.56. The molecule has 2 unspecified atom stereocenters. The minimum absolute atomic E-state index is 0.0955. The molecule has 1 aliphatic carbocycles. The molecule has 3 N–H and O–H groups in total. The Hall–Kier alpha value is -3.35. The molecule has 182 valence electrons. The number of hydrogen-bond acceptors (Lipinski definition) is 4. The molecule has 0 spiro atoms. The molecule has 0 heterocycles. The lowest BCUT2D eigenvalue weighted by atomic mass is 9.85. The third-order valence-electron chi connectivity index (χ3n) is 6.51. The largest absolute Gasteiger partial charge is 0.480 e. The van der Waals surface area contributed by atoms with Crippen molar-refractivity contribution in [1.29, 1.82) is 0 Å². The zero-order chi connectivity index (χ0) is 25.0. The van der Waals surface area contributed by atoms with E-state index in [0.717, 1.165) is 22.3 Å². The zero-order valence-corrected chi connectivity index (χ0v) is 20.4. The number of nitrogens with one attached hydrogen (secondary N) is 2. The molecule has 0 saturated carbocycles. The molecule has 0 aromatic heterocycles. The maximum Gasteiger partial charge on any atom is 0.407 e. The number of carboxylic acids is 1. The molecule has 2 aromatic carbocycles. The average molecular weight is 467 g/mol. The van der Waals surface area contributed by atoms with E-state index >= 15 is 0 Å². The number of rotatable bonds is 8. The Morgan fingerprint density at radius 1 is 0.971 bits per heavy atom. The molecule has 0 aliphatic heterocycles. The topological polar surface area (TPSA) is 105 Å². The molecule has 0 bridgehead atoms. The van der Waals surface area contributed by atoms with Gasteiger partial charge >= 0.3 is 12.1 Å². The lowest BCUT2D eigenvalue weighted by molar-refractivity contribution is -0.144. The van der Waals surface area contributed by atoms with Gasteiger partial charge in [-0.2, -0.15) is 0 Å². The molecule has 7 heteroatoms. The van der Waals surface area contributed by atoms with E-state index in [2.05, 4.69) is 22.8 Å². The van der Waals surface area contributed by atoms with Crippen LogP contribution < -0.4 is 10.6 Å². The Labute approximate surface area is 200 Å². The average Bonchev–Trinajstić information content (AvgIpc) is 3.11. The van der Waals surface area contributed by atoms with Gasteiger partial charge in [-0.15, -0.1) is 0 Å². The van der Waals surface area contributed by atoms with Crippen LogP contribution in [0.2, 0.25) is 0 Å². The van der Waals surface area contributed by atoms with Crippen molar-refractivity contribution in [3.8, 4) is 11.1 Å². The standard InChI is InChI=1S/C27H34N2O5/c1-6-16(2)22(25(31)32)28-24(30)23(27(3,4)5)29-26(33)34-15-21-19-13-9-7-11-17(19)18-12-8-10-14-20(18)21/h7-14,16,21-23H,6,15H2,1-5H3,(H,28,30)(H,29,33)(H,31,32)/t16?,22-,23?/m0/s1. The number of alkyl carbamates (subject to hydrolysis) is 1. The number of carboxylic acid groups (broad SMARTS) is 1. The fraction of sp³-hybridized carbons (Fsp3) is 0.444. The lowest BCUT2D eigenvalue weighted by Gasteiger charge is -2.32. The van der Waals surface area contributed by atoms with Gasteiger partial charge in [0.15, 0.2) is 0 Å². The fourth-order valence-corrected chi connectivity index (χ4v) is 4.35. The molecule has 0 fully saturated rings. The summed E-state index contributed by atoms with van der Waals surface area (Å²) in [6.07, 6.45) is -0.121. The van der Waals surface area contributed by atoms with E-state index in [1.54, 1.807) is 27.7 Å². The van der Waals surface area contributed by atoms with E-state index in [1.165, 1.54) is 0 Å². The van der Waals surface area contributed by atoms with Crippen LogP contribution in [0, 0.1) is 11.3 Å². The molecule has 2 aromatic rings. The summed E-state index contributed by atoms with van der Waals surface area (Å²) < 4.78 is 5.59. The smallest absolute Gasteiger partial charge is 0.407 e. The predicted molar refractivity (Wildman–Crippen MR) is 130 cm³/mol. The maximum atomic E-state index is 13.0. The van der Waals surface area contributed by atoms with Gasteiger partial charge in [-0.25, -0.2) is 9.59 Å². The van der Waals surface area contributed by atoms with Crippen molar-refractivity contribution in [2.24, 2.45) is 11.3 Å². The van der Waals surface area contributed by atoms with Gasteiger partial charge in [0.05, 0.1) is 0 Å². The quantitative estimate of drug-likeness (QED) is 0.529. The van der Waals surface area contributed by atoms with E-state index in [4.69, 9.17) is 4.74 Å². The molecular formula is C27H34N2O5. The number of hydrogen-bond donors (Lipinski definition) is 3. The van der Waals surface area contributed by atoms with Gasteiger partial charge in [0.1, 0.15) is 18.7 Å². The monoisotopic (exact) mass is 466 g/mol. The second kappa shape index (κ2) is 10.3. The van der Waals surface area contributed by atoms with Crippen LogP contribution in [0.5, 0.6) is 0 Å². The zero-order valence-electron chi connectivity index (χ0n) is 20.4. The van der Waals surface area contributed by atoms with Crippen molar-refractivity contribution in [3.63, 3.8) is 0 Å². The van der Waals surface area contributed by atoms with Crippen LogP contribution in [-0.4, -0.2) is 41.8 Å². The van der Waals surface area contributed by atoms with Gasteiger partial charge < -0.3 is 20.5 Å². The minimum Gasteiger partial charge on any atom is -0.480 e. The maximum absolute atomic E-state index is 13.0. The Morgan fingerprint density at radius 3 is 1.97 bits per heavy atom. The van der Waals surface area contributed by atoms with Gasteiger partial charge in [-0.3, -0.25) is 4.79 Å². The fourth-order valence-electron chi connectivity index (χ4n) is 4.35. The third kappa shape index (κ3) is 5.41. The van der Waals surface area contributed by atoms with Crippen LogP contribution in [-0.2, 0) is 14.3 Å². The van der Waals surface area contributed by atoms with Crippen LogP contribution in [0.3, 0.4) is 0 Å². The van der Waals surface area contributed by atoms with Gasteiger partial charge in [-0.05, 0) is 33.6 Å². The highest BCUT2D eigenvalue weighted by Crippen LogP contribution is 2.44. The van der Waals surface area contributed by atoms with Gasteiger partial charge in [0.25, 0.3) is 0 Å². The number of benzene rings is 2. The molecule has 0 radical (unpaired) electrons. The Balaban J connectivity index is 1.70. The first kappa shape index (κ1) is 25.3. The summed E-state index contributed by atoms with van der Waals surface area (Å²) in [6.45, 7) is 9.18. The van der Waals surface area contributed by atoms with Crippen molar-refractivity contribution >= 4 is 18.0 Å². The normalized spacial score (nSPS) is 15.4. The van der Waals surface area contributed by atoms with E-state index in [0.29, 0.717) is 6.42 Å². The second-order valence-corrected chi connectivity index (χ2v) is 9.98. The Kier molecular flexibility index (Phi) is 7.64. The summed E-state index contributed by atoms with van der Waals surface area (Å²) in [6, 6.07) is 14.1. The van der Waals surface area contributed by atoms with Gasteiger partial charge in [0.2, 0.25) is 5.91 Å². The first-order chi connectivity index (χ1) is 16.0. The molecular weight excluding hydrogens is 432 g/mol. The van der Waals surface area contributed by atoms with Crippen molar-refractivity contribution in [2.45, 2.75) is 59.0 Å². The van der Waals surface area contributed by atoms with Crippen molar-refractivity contribution in [3.05, 3.63) is 59.7 Å². The number of ether oxygens (including phenoxy) is 1.